The van der Waals surface area contributed by atoms with Gasteiger partial charge in [0.05, 0.1) is 23.8 Å². The molecule has 1 aromatic rings. The van der Waals surface area contributed by atoms with E-state index in [9.17, 15) is 9.59 Å². The van der Waals surface area contributed by atoms with Crippen LogP contribution in [0.2, 0.25) is 5.02 Å². The third-order valence-corrected chi connectivity index (χ3v) is 4.29. The first-order chi connectivity index (χ1) is 10.3. The summed E-state index contributed by atoms with van der Waals surface area (Å²) in [5.41, 5.74) is -0.938. The van der Waals surface area contributed by atoms with Crippen LogP contribution < -0.4 is 5.32 Å². The van der Waals surface area contributed by atoms with E-state index in [4.69, 9.17) is 21.4 Å². The van der Waals surface area contributed by atoms with Crippen molar-refractivity contribution in [2.24, 2.45) is 0 Å². The quantitative estimate of drug-likeness (QED) is 0.708. The van der Waals surface area contributed by atoms with Crippen LogP contribution in [0, 0.1) is 0 Å². The molecule has 0 spiro atoms. The molecule has 0 heterocycles. The van der Waals surface area contributed by atoms with Gasteiger partial charge in [-0.25, -0.2) is 0 Å². The van der Waals surface area contributed by atoms with Gasteiger partial charge in [-0.15, -0.1) is 11.8 Å². The van der Waals surface area contributed by atoms with E-state index < -0.39 is 11.5 Å². The van der Waals surface area contributed by atoms with Gasteiger partial charge in [0.2, 0.25) is 5.91 Å². The molecular formula is C15H20ClNO4S. The van der Waals surface area contributed by atoms with Crippen molar-refractivity contribution in [2.75, 3.05) is 13.7 Å². The number of halogens is 1. The first kappa shape index (κ1) is 18.8. The molecule has 1 rings (SSSR count). The van der Waals surface area contributed by atoms with Gasteiger partial charge in [-0.1, -0.05) is 11.6 Å². The third kappa shape index (κ3) is 6.25. The molecule has 0 saturated carbocycles. The topological polar surface area (TPSA) is 75.6 Å². The predicted octanol–water partition coefficient (Wildman–Crippen LogP) is 2.82. The summed E-state index contributed by atoms with van der Waals surface area (Å²) in [6, 6.07) is 7.19. The first-order valence-corrected chi connectivity index (χ1v) is 7.96. The summed E-state index contributed by atoms with van der Waals surface area (Å²) < 4.78 is 5.02. The Morgan fingerprint density at radius 1 is 1.41 bits per heavy atom. The van der Waals surface area contributed by atoms with E-state index in [0.29, 0.717) is 5.02 Å². The van der Waals surface area contributed by atoms with Crippen molar-refractivity contribution in [3.05, 3.63) is 29.3 Å². The number of carboxylic acid groups (broad SMARTS) is 1. The predicted molar refractivity (Wildman–Crippen MR) is 87.4 cm³/mol. The minimum atomic E-state index is -0.988. The lowest BCUT2D eigenvalue weighted by atomic mass is 9.99. The summed E-state index contributed by atoms with van der Waals surface area (Å²) in [6.45, 7) is 3.55. The summed E-state index contributed by atoms with van der Waals surface area (Å²) >= 11 is 7.20. The summed E-state index contributed by atoms with van der Waals surface area (Å²) in [7, 11) is 1.47. The van der Waals surface area contributed by atoms with Crippen LogP contribution in [0.5, 0.6) is 0 Å². The van der Waals surface area contributed by atoms with E-state index in [0.717, 1.165) is 4.90 Å². The Balaban J connectivity index is 2.68. The molecule has 122 valence electrons. The van der Waals surface area contributed by atoms with Gasteiger partial charge in [-0.3, -0.25) is 9.59 Å². The summed E-state index contributed by atoms with van der Waals surface area (Å²) in [4.78, 5) is 24.1. The van der Waals surface area contributed by atoms with Crippen LogP contribution in [0.15, 0.2) is 29.2 Å². The Labute approximate surface area is 139 Å². The molecule has 5 nitrogen and oxygen atoms in total. The lowest BCUT2D eigenvalue weighted by molar-refractivity contribution is -0.139. The van der Waals surface area contributed by atoms with E-state index in [-0.39, 0.29) is 24.2 Å². The van der Waals surface area contributed by atoms with E-state index in [2.05, 4.69) is 5.32 Å². The highest BCUT2D eigenvalue weighted by atomic mass is 35.5. The van der Waals surface area contributed by atoms with Crippen LogP contribution in [-0.2, 0) is 14.3 Å². The molecule has 0 saturated heterocycles. The summed E-state index contributed by atoms with van der Waals surface area (Å²) in [5, 5.41) is 12.0. The van der Waals surface area contributed by atoms with Gasteiger partial charge in [0.25, 0.3) is 0 Å². The van der Waals surface area contributed by atoms with Gasteiger partial charge in [0.1, 0.15) is 0 Å². The van der Waals surface area contributed by atoms with Crippen LogP contribution >= 0.6 is 23.4 Å². The minimum Gasteiger partial charge on any atom is -0.481 e. The summed E-state index contributed by atoms with van der Waals surface area (Å²) in [6.07, 6.45) is -0.203. The Kier molecular flexibility index (Phi) is 7.19. The fraction of sp³-hybridized carbons (Fsp3) is 0.467. The van der Waals surface area contributed by atoms with Gasteiger partial charge in [-0.2, -0.15) is 0 Å². The van der Waals surface area contributed by atoms with Gasteiger partial charge in [0.15, 0.2) is 0 Å². The fourth-order valence-electron chi connectivity index (χ4n) is 1.95. The van der Waals surface area contributed by atoms with Gasteiger partial charge in [0, 0.05) is 17.0 Å². The maximum absolute atomic E-state index is 12.3. The number of thioether (sulfide) groups is 1. The maximum Gasteiger partial charge on any atom is 0.305 e. The molecule has 0 bridgehead atoms. The average molecular weight is 346 g/mol. The molecule has 1 aromatic carbocycles. The molecule has 0 radical (unpaired) electrons. The van der Waals surface area contributed by atoms with E-state index in [1.807, 2.05) is 12.1 Å². The normalized spacial score (nSPS) is 14.9. The van der Waals surface area contributed by atoms with Crippen molar-refractivity contribution >= 4 is 35.2 Å². The lowest BCUT2D eigenvalue weighted by Gasteiger charge is -2.29. The zero-order valence-electron chi connectivity index (χ0n) is 12.8. The van der Waals surface area contributed by atoms with Crippen LogP contribution in [0.4, 0.5) is 0 Å². The molecule has 0 aromatic heterocycles. The number of carbonyl (C=O) groups excluding carboxylic acids is 1. The highest BCUT2D eigenvalue weighted by Gasteiger charge is 2.31. The van der Waals surface area contributed by atoms with Crippen molar-refractivity contribution in [3.8, 4) is 0 Å². The number of methoxy groups -OCH3 is 1. The smallest absolute Gasteiger partial charge is 0.305 e. The zero-order chi connectivity index (χ0) is 16.8. The molecule has 0 aliphatic rings. The molecule has 0 aliphatic carbocycles. The fourth-order valence-corrected chi connectivity index (χ4v) is 2.95. The number of ether oxygens (including phenoxy) is 1. The van der Waals surface area contributed by atoms with Gasteiger partial charge in [-0.05, 0) is 38.1 Å². The second-order valence-corrected chi connectivity index (χ2v) is 7.12. The number of nitrogens with one attached hydrogen (secondary N) is 1. The Bertz CT molecular complexity index is 523. The van der Waals surface area contributed by atoms with Crippen LogP contribution in [0.25, 0.3) is 0 Å². The molecule has 7 heteroatoms. The SMILES string of the molecule is COCC(C)(CC(=O)O)NC(=O)C(C)Sc1ccc(Cl)cc1. The molecule has 0 aliphatic heterocycles. The minimum absolute atomic E-state index is 0.128. The molecule has 2 N–H and O–H groups in total. The van der Waals surface area contributed by atoms with Crippen molar-refractivity contribution < 1.29 is 19.4 Å². The Morgan fingerprint density at radius 3 is 2.50 bits per heavy atom. The number of hydrogen-bond acceptors (Lipinski definition) is 4. The Hall–Kier alpha value is -1.24. The van der Waals surface area contributed by atoms with E-state index >= 15 is 0 Å². The average Bonchev–Trinajstić information content (AvgIpc) is 2.40. The molecule has 0 fully saturated rings. The summed E-state index contributed by atoms with van der Waals surface area (Å²) in [5.74, 6) is -1.22. The number of carbonyl (C=O) groups is 2. The molecule has 2 unspecified atom stereocenters. The number of amides is 1. The van der Waals surface area contributed by atoms with Crippen molar-refractivity contribution in [3.63, 3.8) is 0 Å². The lowest BCUT2D eigenvalue weighted by Crippen LogP contribution is -2.52. The zero-order valence-corrected chi connectivity index (χ0v) is 14.3. The van der Waals surface area contributed by atoms with Crippen LogP contribution in [0.1, 0.15) is 20.3 Å². The second kappa shape index (κ2) is 8.41. The van der Waals surface area contributed by atoms with Crippen LogP contribution in [-0.4, -0.2) is 41.5 Å². The molecule has 1 amide bonds. The van der Waals surface area contributed by atoms with Crippen LogP contribution in [0.3, 0.4) is 0 Å². The number of rotatable bonds is 8. The maximum atomic E-state index is 12.3. The van der Waals surface area contributed by atoms with E-state index in [1.165, 1.54) is 18.9 Å². The standard InChI is InChI=1S/C15H20ClNO4S/c1-10(22-12-6-4-11(16)5-7-12)14(20)17-15(2,9-21-3)8-13(18)19/h4-7,10H,8-9H2,1-3H3,(H,17,20)(H,18,19). The number of carboxylic acids is 1. The van der Waals surface area contributed by atoms with Crippen molar-refractivity contribution in [1.29, 1.82) is 0 Å². The number of hydrogen-bond donors (Lipinski definition) is 2. The third-order valence-electron chi connectivity index (χ3n) is 2.92. The largest absolute Gasteiger partial charge is 0.481 e. The highest BCUT2D eigenvalue weighted by Crippen LogP contribution is 2.25. The Morgan fingerprint density at radius 2 is 2.00 bits per heavy atom. The van der Waals surface area contributed by atoms with Crippen molar-refractivity contribution in [2.45, 2.75) is 36.0 Å². The number of benzene rings is 1. The number of aliphatic carboxylic acids is 1. The van der Waals surface area contributed by atoms with Crippen molar-refractivity contribution in [1.82, 2.24) is 5.32 Å². The van der Waals surface area contributed by atoms with E-state index in [1.54, 1.807) is 26.0 Å². The molecule has 2 atom stereocenters. The monoisotopic (exact) mass is 345 g/mol. The molecule has 22 heavy (non-hydrogen) atoms. The molecular weight excluding hydrogens is 326 g/mol. The van der Waals surface area contributed by atoms with Gasteiger partial charge >= 0.3 is 5.97 Å². The second-order valence-electron chi connectivity index (χ2n) is 5.27. The highest BCUT2D eigenvalue weighted by molar-refractivity contribution is 8.00. The first-order valence-electron chi connectivity index (χ1n) is 6.71. The van der Waals surface area contributed by atoms with Gasteiger partial charge < -0.3 is 15.2 Å².